The van der Waals surface area contributed by atoms with E-state index < -0.39 is 17.9 Å². The van der Waals surface area contributed by atoms with E-state index in [4.69, 9.17) is 10.8 Å². The number of nitrogens with one attached hydrogen (secondary N) is 1. The topological polar surface area (TPSA) is 136 Å². The van der Waals surface area contributed by atoms with Crippen molar-refractivity contribution in [1.82, 2.24) is 24.8 Å². The van der Waals surface area contributed by atoms with Gasteiger partial charge in [-0.05, 0) is 12.3 Å². The van der Waals surface area contributed by atoms with E-state index >= 15 is 0 Å². The summed E-state index contributed by atoms with van der Waals surface area (Å²) in [5.74, 6) is -1.09. The summed E-state index contributed by atoms with van der Waals surface area (Å²) < 4.78 is 1.50. The first-order valence-electron chi connectivity index (χ1n) is 6.82. The third-order valence-electron chi connectivity index (χ3n) is 3.08. The minimum Gasteiger partial charge on any atom is -0.480 e. The fourth-order valence-corrected chi connectivity index (χ4v) is 2.10. The number of aliphatic carboxylic acids is 1. The summed E-state index contributed by atoms with van der Waals surface area (Å²) in [5.41, 5.74) is 6.51. The molecule has 0 aromatic carbocycles. The van der Waals surface area contributed by atoms with E-state index in [2.05, 4.69) is 20.3 Å². The number of imidazole rings is 1. The molecule has 0 spiro atoms. The maximum absolute atomic E-state index is 12.0. The maximum Gasteiger partial charge on any atom is 0.326 e. The van der Waals surface area contributed by atoms with Gasteiger partial charge >= 0.3 is 5.97 Å². The molecule has 0 radical (unpaired) electrons. The van der Waals surface area contributed by atoms with Crippen molar-refractivity contribution >= 4 is 28.9 Å². The van der Waals surface area contributed by atoms with Gasteiger partial charge in [-0.3, -0.25) is 4.79 Å². The van der Waals surface area contributed by atoms with Gasteiger partial charge in [0, 0.05) is 0 Å². The Bertz CT molecular complexity index is 696. The Kier molecular flexibility index (Phi) is 4.54. The van der Waals surface area contributed by atoms with Gasteiger partial charge in [-0.15, -0.1) is 0 Å². The van der Waals surface area contributed by atoms with Crippen LogP contribution in [-0.4, -0.2) is 42.5 Å². The monoisotopic (exact) mass is 306 g/mol. The lowest BCUT2D eigenvalue weighted by atomic mass is 10.0. The highest BCUT2D eigenvalue weighted by Gasteiger charge is 2.21. The number of nitrogen functional groups attached to an aromatic ring is 1. The van der Waals surface area contributed by atoms with Gasteiger partial charge in [-0.1, -0.05) is 13.8 Å². The van der Waals surface area contributed by atoms with Crippen molar-refractivity contribution in [3.8, 4) is 0 Å². The maximum atomic E-state index is 12.0. The van der Waals surface area contributed by atoms with Crippen molar-refractivity contribution in [2.24, 2.45) is 5.92 Å². The van der Waals surface area contributed by atoms with Crippen LogP contribution in [-0.2, 0) is 16.1 Å². The number of nitrogens with zero attached hydrogens (tertiary/aromatic N) is 4. The number of fused-ring (bicyclic) bond motifs is 1. The molecule has 9 heteroatoms. The molecular weight excluding hydrogens is 288 g/mol. The molecule has 0 aliphatic carbocycles. The second-order valence-electron chi connectivity index (χ2n) is 5.39. The van der Waals surface area contributed by atoms with Crippen molar-refractivity contribution in [3.63, 3.8) is 0 Å². The smallest absolute Gasteiger partial charge is 0.326 e. The van der Waals surface area contributed by atoms with Crippen LogP contribution in [0.25, 0.3) is 11.2 Å². The first-order valence-corrected chi connectivity index (χ1v) is 6.82. The lowest BCUT2D eigenvalue weighted by Gasteiger charge is -2.16. The quantitative estimate of drug-likeness (QED) is 0.684. The Balaban J connectivity index is 2.10. The molecule has 0 bridgehead atoms. The zero-order valence-corrected chi connectivity index (χ0v) is 12.4. The van der Waals surface area contributed by atoms with Gasteiger partial charge in [0.25, 0.3) is 0 Å². The SMILES string of the molecule is CC(C)CC(NC(=O)Cn1cnc2c(N)ncnc21)C(=O)O. The molecule has 1 atom stereocenters. The summed E-state index contributed by atoms with van der Waals surface area (Å²) in [6.07, 6.45) is 3.07. The number of carbonyl (C=O) groups is 2. The third-order valence-corrected chi connectivity index (χ3v) is 3.08. The fraction of sp³-hybridized carbons (Fsp3) is 0.462. The molecule has 4 N–H and O–H groups in total. The molecule has 0 saturated heterocycles. The van der Waals surface area contributed by atoms with Gasteiger partial charge < -0.3 is 20.7 Å². The van der Waals surface area contributed by atoms with Crippen molar-refractivity contribution in [1.29, 1.82) is 0 Å². The molecular formula is C13H18N6O3. The highest BCUT2D eigenvalue weighted by atomic mass is 16.4. The van der Waals surface area contributed by atoms with Crippen molar-refractivity contribution in [3.05, 3.63) is 12.7 Å². The second kappa shape index (κ2) is 6.37. The number of hydrogen-bond donors (Lipinski definition) is 3. The largest absolute Gasteiger partial charge is 0.480 e. The molecule has 9 nitrogen and oxygen atoms in total. The summed E-state index contributed by atoms with van der Waals surface area (Å²) >= 11 is 0. The number of nitrogens with two attached hydrogens (primary N) is 1. The number of anilines is 1. The van der Waals surface area contributed by atoms with Gasteiger partial charge in [0.1, 0.15) is 24.4 Å². The van der Waals surface area contributed by atoms with E-state index in [0.717, 1.165) is 0 Å². The van der Waals surface area contributed by atoms with Crippen LogP contribution in [0.4, 0.5) is 5.82 Å². The van der Waals surface area contributed by atoms with E-state index in [1.165, 1.54) is 17.2 Å². The normalized spacial score (nSPS) is 12.5. The minimum absolute atomic E-state index is 0.0885. The number of carboxylic acid groups (broad SMARTS) is 1. The zero-order chi connectivity index (χ0) is 16.3. The number of carbonyl (C=O) groups excluding carboxylic acids is 1. The highest BCUT2D eigenvalue weighted by molar-refractivity contribution is 5.86. The summed E-state index contributed by atoms with van der Waals surface area (Å²) in [4.78, 5) is 35.1. The van der Waals surface area contributed by atoms with Gasteiger partial charge in [-0.2, -0.15) is 0 Å². The molecule has 1 unspecified atom stereocenters. The highest BCUT2D eigenvalue weighted by Crippen LogP contribution is 2.14. The molecule has 0 aliphatic heterocycles. The third kappa shape index (κ3) is 3.48. The molecule has 2 aromatic heterocycles. The van der Waals surface area contributed by atoms with Crippen LogP contribution in [0.15, 0.2) is 12.7 Å². The van der Waals surface area contributed by atoms with Crippen molar-refractivity contribution < 1.29 is 14.7 Å². The molecule has 0 fully saturated rings. The average molecular weight is 306 g/mol. The predicted octanol–water partition coefficient (Wildman–Crippen LogP) is 0.0240. The number of carboxylic acids is 1. The first kappa shape index (κ1) is 15.7. The van der Waals surface area contributed by atoms with Crippen LogP contribution in [0.1, 0.15) is 20.3 Å². The van der Waals surface area contributed by atoms with Crippen LogP contribution in [0.3, 0.4) is 0 Å². The Labute approximate surface area is 126 Å². The van der Waals surface area contributed by atoms with E-state index in [1.54, 1.807) is 0 Å². The molecule has 0 saturated carbocycles. The van der Waals surface area contributed by atoms with Crippen molar-refractivity contribution in [2.45, 2.75) is 32.9 Å². The number of rotatable bonds is 6. The number of hydrogen-bond acceptors (Lipinski definition) is 6. The molecule has 118 valence electrons. The van der Waals surface area contributed by atoms with E-state index in [1.807, 2.05) is 13.8 Å². The minimum atomic E-state index is -1.05. The van der Waals surface area contributed by atoms with E-state index in [9.17, 15) is 9.59 Å². The van der Waals surface area contributed by atoms with Crippen LogP contribution in [0, 0.1) is 5.92 Å². The molecule has 22 heavy (non-hydrogen) atoms. The average Bonchev–Trinajstić information content (AvgIpc) is 2.82. The standard InChI is InChI=1S/C13H18N6O3/c1-7(2)3-8(13(21)22)18-9(20)4-19-6-17-10-11(14)15-5-16-12(10)19/h5-8H,3-4H2,1-2H3,(H,18,20)(H,21,22)(H2,14,15,16). The molecule has 1 amide bonds. The predicted molar refractivity (Wildman–Crippen MR) is 78.8 cm³/mol. The van der Waals surface area contributed by atoms with Gasteiger partial charge in [0.05, 0.1) is 6.33 Å². The van der Waals surface area contributed by atoms with Crippen LogP contribution >= 0.6 is 0 Å². The molecule has 2 aromatic rings. The van der Waals surface area contributed by atoms with Gasteiger partial charge in [0.15, 0.2) is 11.5 Å². The Morgan fingerprint density at radius 2 is 2.09 bits per heavy atom. The summed E-state index contributed by atoms with van der Waals surface area (Å²) in [7, 11) is 0. The first-order chi connectivity index (χ1) is 10.4. The summed E-state index contributed by atoms with van der Waals surface area (Å²) in [6.45, 7) is 3.70. The van der Waals surface area contributed by atoms with Crippen LogP contribution in [0.2, 0.25) is 0 Å². The molecule has 0 aliphatic rings. The van der Waals surface area contributed by atoms with Gasteiger partial charge in [0.2, 0.25) is 5.91 Å². The van der Waals surface area contributed by atoms with E-state index in [-0.39, 0.29) is 18.3 Å². The Morgan fingerprint density at radius 1 is 1.36 bits per heavy atom. The number of aromatic nitrogens is 4. The second-order valence-corrected chi connectivity index (χ2v) is 5.39. The van der Waals surface area contributed by atoms with Crippen LogP contribution in [0.5, 0.6) is 0 Å². The van der Waals surface area contributed by atoms with Crippen molar-refractivity contribution in [2.75, 3.05) is 5.73 Å². The molecule has 2 heterocycles. The number of amides is 1. The lowest BCUT2D eigenvalue weighted by Crippen LogP contribution is -2.43. The fourth-order valence-electron chi connectivity index (χ4n) is 2.10. The van der Waals surface area contributed by atoms with Crippen LogP contribution < -0.4 is 11.1 Å². The molecule has 2 rings (SSSR count). The summed E-state index contributed by atoms with van der Waals surface area (Å²) in [6, 6.07) is -0.915. The van der Waals surface area contributed by atoms with Gasteiger partial charge in [-0.25, -0.2) is 19.7 Å². The zero-order valence-electron chi connectivity index (χ0n) is 12.4. The Morgan fingerprint density at radius 3 is 2.73 bits per heavy atom. The Hall–Kier alpha value is -2.71. The summed E-state index contributed by atoms with van der Waals surface area (Å²) in [5, 5.41) is 11.6. The lowest BCUT2D eigenvalue weighted by molar-refractivity contribution is -0.142. The van der Waals surface area contributed by atoms with E-state index in [0.29, 0.717) is 17.6 Å².